The summed E-state index contributed by atoms with van der Waals surface area (Å²) in [6.45, 7) is 6.31. The summed E-state index contributed by atoms with van der Waals surface area (Å²) in [5.74, 6) is -0.153. The molecule has 1 aromatic rings. The van der Waals surface area contributed by atoms with Gasteiger partial charge in [-0.1, -0.05) is 31.9 Å². The first kappa shape index (κ1) is 17.5. The summed E-state index contributed by atoms with van der Waals surface area (Å²) >= 11 is 0. The van der Waals surface area contributed by atoms with Gasteiger partial charge in [-0.25, -0.2) is 4.79 Å². The second-order valence-electron chi connectivity index (χ2n) is 5.43. The van der Waals surface area contributed by atoms with Crippen molar-refractivity contribution in [2.24, 2.45) is 0 Å². The fourth-order valence-electron chi connectivity index (χ4n) is 1.99. The molecule has 0 amide bonds. The van der Waals surface area contributed by atoms with Gasteiger partial charge in [-0.05, 0) is 38.0 Å². The van der Waals surface area contributed by atoms with E-state index in [2.05, 4.69) is 6.92 Å². The maximum atomic E-state index is 12.1. The molecule has 0 heterocycles. The highest BCUT2D eigenvalue weighted by atomic mass is 16.6. The minimum atomic E-state index is -0.619. The highest BCUT2D eigenvalue weighted by molar-refractivity contribution is 5.75. The van der Waals surface area contributed by atoms with Gasteiger partial charge in [0.1, 0.15) is 5.75 Å². The van der Waals surface area contributed by atoms with Crippen LogP contribution in [0.5, 0.6) is 5.75 Å². The van der Waals surface area contributed by atoms with Gasteiger partial charge in [0.25, 0.3) is 0 Å². The number of rotatable bonds is 9. The summed E-state index contributed by atoms with van der Waals surface area (Å²) in [7, 11) is 0. The first-order valence-electron chi connectivity index (χ1n) is 7.63. The van der Waals surface area contributed by atoms with E-state index in [1.165, 1.54) is 0 Å². The molecular formula is C17H26O4. The molecule has 1 rings (SSSR count). The number of aromatic hydroxyl groups is 1. The van der Waals surface area contributed by atoms with Crippen LogP contribution >= 0.6 is 0 Å². The molecule has 21 heavy (non-hydrogen) atoms. The lowest BCUT2D eigenvalue weighted by atomic mass is 10.1. The molecule has 0 spiro atoms. The molecule has 1 N–H and O–H groups in total. The third kappa shape index (κ3) is 7.14. The smallest absolute Gasteiger partial charge is 0.335 e. The Bertz CT molecular complexity index is 429. The van der Waals surface area contributed by atoms with Crippen molar-refractivity contribution in [1.29, 1.82) is 0 Å². The zero-order valence-electron chi connectivity index (χ0n) is 13.2. The summed E-state index contributed by atoms with van der Waals surface area (Å²) in [6.07, 6.45) is 2.75. The molecular weight excluding hydrogens is 268 g/mol. The van der Waals surface area contributed by atoms with Gasteiger partial charge in [0.15, 0.2) is 6.10 Å². The third-order valence-corrected chi connectivity index (χ3v) is 3.01. The van der Waals surface area contributed by atoms with Crippen LogP contribution in [0, 0.1) is 0 Å². The number of esters is 1. The highest BCUT2D eigenvalue weighted by Gasteiger charge is 2.22. The van der Waals surface area contributed by atoms with E-state index in [0.29, 0.717) is 13.0 Å². The number of carbonyl (C=O) groups excluding carboxylic acids is 1. The summed E-state index contributed by atoms with van der Waals surface area (Å²) in [4.78, 5) is 12.1. The zero-order chi connectivity index (χ0) is 15.7. The normalized spacial score (nSPS) is 12.4. The molecule has 0 aliphatic carbocycles. The number of phenolic OH excluding ortho intramolecular Hbond substituents is 1. The fourth-order valence-corrected chi connectivity index (χ4v) is 1.99. The molecule has 1 atom stereocenters. The van der Waals surface area contributed by atoms with Gasteiger partial charge < -0.3 is 14.6 Å². The van der Waals surface area contributed by atoms with Gasteiger partial charge in [-0.15, -0.1) is 0 Å². The molecule has 1 unspecified atom stereocenters. The summed E-state index contributed by atoms with van der Waals surface area (Å²) in [6, 6.07) is 6.87. The molecule has 118 valence electrons. The first-order valence-corrected chi connectivity index (χ1v) is 7.63. The van der Waals surface area contributed by atoms with E-state index in [0.717, 1.165) is 24.8 Å². The van der Waals surface area contributed by atoms with Crippen molar-refractivity contribution in [3.8, 4) is 5.75 Å². The standard InChI is InChI=1S/C17H26O4/c1-4-5-6-10-20-16(17(19)21-13(2)3)12-14-8-7-9-15(18)11-14/h7-9,11,13,16,18H,4-6,10,12H2,1-3H3. The van der Waals surface area contributed by atoms with Crippen LogP contribution in [0.1, 0.15) is 45.6 Å². The number of ether oxygens (including phenoxy) is 2. The van der Waals surface area contributed by atoms with Gasteiger partial charge >= 0.3 is 5.97 Å². The Morgan fingerprint density at radius 3 is 2.67 bits per heavy atom. The minimum absolute atomic E-state index is 0.164. The van der Waals surface area contributed by atoms with Crippen molar-refractivity contribution in [2.45, 2.75) is 58.7 Å². The third-order valence-electron chi connectivity index (χ3n) is 3.01. The van der Waals surface area contributed by atoms with E-state index in [-0.39, 0.29) is 17.8 Å². The number of unbranched alkanes of at least 4 members (excludes halogenated alkanes) is 2. The molecule has 0 saturated carbocycles. The summed E-state index contributed by atoms with van der Waals surface area (Å²) in [5, 5.41) is 9.50. The maximum absolute atomic E-state index is 12.1. The van der Waals surface area contributed by atoms with Gasteiger partial charge in [-0.2, -0.15) is 0 Å². The van der Waals surface area contributed by atoms with Crippen LogP contribution in [0.25, 0.3) is 0 Å². The molecule has 0 aliphatic rings. The van der Waals surface area contributed by atoms with Gasteiger partial charge in [0, 0.05) is 13.0 Å². The van der Waals surface area contributed by atoms with Gasteiger partial charge in [0.2, 0.25) is 0 Å². The predicted molar refractivity (Wildman–Crippen MR) is 82.3 cm³/mol. The summed E-state index contributed by atoms with van der Waals surface area (Å²) < 4.78 is 10.9. The number of hydrogen-bond acceptors (Lipinski definition) is 4. The molecule has 0 fully saturated rings. The molecule has 0 aliphatic heterocycles. The topological polar surface area (TPSA) is 55.8 Å². The van der Waals surface area contributed by atoms with Crippen LogP contribution in [-0.2, 0) is 20.7 Å². The van der Waals surface area contributed by atoms with Crippen molar-refractivity contribution < 1.29 is 19.4 Å². The molecule has 0 radical (unpaired) electrons. The van der Waals surface area contributed by atoms with Crippen LogP contribution in [0.4, 0.5) is 0 Å². The number of phenols is 1. The molecule has 0 bridgehead atoms. The maximum Gasteiger partial charge on any atom is 0.335 e. The Morgan fingerprint density at radius 2 is 2.05 bits per heavy atom. The van der Waals surface area contributed by atoms with Crippen molar-refractivity contribution in [2.75, 3.05) is 6.61 Å². The Hall–Kier alpha value is -1.55. The van der Waals surface area contributed by atoms with Crippen LogP contribution in [-0.4, -0.2) is 29.9 Å². The van der Waals surface area contributed by atoms with Crippen molar-refractivity contribution in [3.63, 3.8) is 0 Å². The van der Waals surface area contributed by atoms with Gasteiger partial charge in [-0.3, -0.25) is 0 Å². The minimum Gasteiger partial charge on any atom is -0.508 e. The van der Waals surface area contributed by atoms with E-state index in [1.54, 1.807) is 18.2 Å². The second kappa shape index (κ2) is 9.40. The van der Waals surface area contributed by atoms with Crippen LogP contribution in [0.2, 0.25) is 0 Å². The van der Waals surface area contributed by atoms with E-state index in [4.69, 9.17) is 9.47 Å². The molecule has 0 saturated heterocycles. The van der Waals surface area contributed by atoms with E-state index in [1.807, 2.05) is 19.9 Å². The number of benzene rings is 1. The predicted octanol–water partition coefficient (Wildman–Crippen LogP) is 3.46. The summed E-state index contributed by atoms with van der Waals surface area (Å²) in [5.41, 5.74) is 0.858. The SMILES string of the molecule is CCCCCOC(Cc1cccc(O)c1)C(=O)OC(C)C. The average molecular weight is 294 g/mol. The van der Waals surface area contributed by atoms with E-state index >= 15 is 0 Å². The number of carbonyl (C=O) groups is 1. The van der Waals surface area contributed by atoms with Crippen molar-refractivity contribution in [3.05, 3.63) is 29.8 Å². The van der Waals surface area contributed by atoms with Crippen molar-refractivity contribution >= 4 is 5.97 Å². The first-order chi connectivity index (χ1) is 10.0. The lowest BCUT2D eigenvalue weighted by molar-refractivity contribution is -0.161. The van der Waals surface area contributed by atoms with Gasteiger partial charge in [0.05, 0.1) is 6.10 Å². The van der Waals surface area contributed by atoms with Crippen molar-refractivity contribution in [1.82, 2.24) is 0 Å². The lowest BCUT2D eigenvalue weighted by Gasteiger charge is -2.18. The van der Waals surface area contributed by atoms with E-state index < -0.39 is 6.10 Å². The number of hydrogen-bond donors (Lipinski definition) is 1. The second-order valence-corrected chi connectivity index (χ2v) is 5.43. The lowest BCUT2D eigenvalue weighted by Crippen LogP contribution is -2.31. The Balaban J connectivity index is 2.64. The fraction of sp³-hybridized carbons (Fsp3) is 0.588. The zero-order valence-corrected chi connectivity index (χ0v) is 13.2. The van der Waals surface area contributed by atoms with Crippen LogP contribution in [0.15, 0.2) is 24.3 Å². The Labute approximate surface area is 127 Å². The van der Waals surface area contributed by atoms with E-state index in [9.17, 15) is 9.90 Å². The van der Waals surface area contributed by atoms with Crippen LogP contribution in [0.3, 0.4) is 0 Å². The average Bonchev–Trinajstić information content (AvgIpc) is 2.41. The largest absolute Gasteiger partial charge is 0.508 e. The molecule has 4 nitrogen and oxygen atoms in total. The quantitative estimate of drug-likeness (QED) is 0.560. The molecule has 1 aromatic carbocycles. The monoisotopic (exact) mass is 294 g/mol. The molecule has 0 aromatic heterocycles. The van der Waals surface area contributed by atoms with Crippen LogP contribution < -0.4 is 0 Å². The highest BCUT2D eigenvalue weighted by Crippen LogP contribution is 2.15. The Morgan fingerprint density at radius 1 is 1.29 bits per heavy atom. The molecule has 4 heteroatoms. The Kier molecular flexibility index (Phi) is 7.83.